The lowest BCUT2D eigenvalue weighted by atomic mass is 9.97. The van der Waals surface area contributed by atoms with Gasteiger partial charge in [-0.15, -0.1) is 0 Å². The fourth-order valence-electron chi connectivity index (χ4n) is 2.12. The molecule has 0 amide bonds. The van der Waals surface area contributed by atoms with Gasteiger partial charge in [0.05, 0.1) is 0 Å². The van der Waals surface area contributed by atoms with Gasteiger partial charge in [0.1, 0.15) is 0 Å². The summed E-state index contributed by atoms with van der Waals surface area (Å²) in [7, 11) is 2.20. The SMILES string of the molecule is CC(CCO)CNCC1CCN(C)CC1. The first-order chi connectivity index (χ1) is 7.22. The summed E-state index contributed by atoms with van der Waals surface area (Å²) in [4.78, 5) is 2.41. The van der Waals surface area contributed by atoms with Gasteiger partial charge in [-0.3, -0.25) is 0 Å². The average molecular weight is 214 g/mol. The van der Waals surface area contributed by atoms with Crippen molar-refractivity contribution < 1.29 is 5.11 Å². The highest BCUT2D eigenvalue weighted by Gasteiger charge is 2.16. The third-order valence-electron chi connectivity index (χ3n) is 3.39. The van der Waals surface area contributed by atoms with E-state index in [2.05, 4.69) is 24.2 Å². The second kappa shape index (κ2) is 7.20. The molecule has 3 heteroatoms. The van der Waals surface area contributed by atoms with Crippen molar-refractivity contribution >= 4 is 0 Å². The van der Waals surface area contributed by atoms with Crippen LogP contribution in [0, 0.1) is 11.8 Å². The Morgan fingerprint density at radius 1 is 1.40 bits per heavy atom. The summed E-state index contributed by atoms with van der Waals surface area (Å²) < 4.78 is 0. The second-order valence-electron chi connectivity index (χ2n) is 5.02. The highest BCUT2D eigenvalue weighted by molar-refractivity contribution is 4.72. The molecule has 3 nitrogen and oxygen atoms in total. The van der Waals surface area contributed by atoms with Gasteiger partial charge in [0.2, 0.25) is 0 Å². The molecule has 1 atom stereocenters. The molecule has 0 spiro atoms. The Kier molecular flexibility index (Phi) is 6.22. The molecule has 15 heavy (non-hydrogen) atoms. The lowest BCUT2D eigenvalue weighted by molar-refractivity contribution is 0.212. The van der Waals surface area contributed by atoms with Crippen molar-refractivity contribution in [3.05, 3.63) is 0 Å². The van der Waals surface area contributed by atoms with E-state index in [4.69, 9.17) is 5.11 Å². The largest absolute Gasteiger partial charge is 0.396 e. The predicted octanol–water partition coefficient (Wildman–Crippen LogP) is 0.936. The van der Waals surface area contributed by atoms with Gasteiger partial charge in [0.25, 0.3) is 0 Å². The van der Waals surface area contributed by atoms with Crippen molar-refractivity contribution in [2.45, 2.75) is 26.2 Å². The summed E-state index contributed by atoms with van der Waals surface area (Å²) in [5.41, 5.74) is 0. The van der Waals surface area contributed by atoms with E-state index in [0.29, 0.717) is 12.5 Å². The Morgan fingerprint density at radius 2 is 2.07 bits per heavy atom. The first kappa shape index (κ1) is 12.9. The van der Waals surface area contributed by atoms with Crippen LogP contribution in [0.1, 0.15) is 26.2 Å². The van der Waals surface area contributed by atoms with Crippen LogP contribution in [0.25, 0.3) is 0 Å². The normalized spacial score (nSPS) is 21.8. The molecule has 1 heterocycles. The smallest absolute Gasteiger partial charge is 0.0434 e. The van der Waals surface area contributed by atoms with Gasteiger partial charge < -0.3 is 15.3 Å². The Balaban J connectivity index is 2.00. The van der Waals surface area contributed by atoms with E-state index in [-0.39, 0.29) is 0 Å². The average Bonchev–Trinajstić information content (AvgIpc) is 2.21. The summed E-state index contributed by atoms with van der Waals surface area (Å²) in [6.07, 6.45) is 3.58. The summed E-state index contributed by atoms with van der Waals surface area (Å²) in [6, 6.07) is 0. The van der Waals surface area contributed by atoms with Gasteiger partial charge in [0, 0.05) is 6.61 Å². The van der Waals surface area contributed by atoms with Crippen molar-refractivity contribution in [2.24, 2.45) is 11.8 Å². The zero-order chi connectivity index (χ0) is 11.1. The number of aliphatic hydroxyl groups excluding tert-OH is 1. The van der Waals surface area contributed by atoms with Gasteiger partial charge >= 0.3 is 0 Å². The van der Waals surface area contributed by atoms with Gasteiger partial charge in [-0.05, 0) is 64.3 Å². The van der Waals surface area contributed by atoms with Crippen LogP contribution >= 0.6 is 0 Å². The van der Waals surface area contributed by atoms with Crippen molar-refractivity contribution in [3.63, 3.8) is 0 Å². The molecule has 0 bridgehead atoms. The third kappa shape index (κ3) is 5.50. The molecule has 0 aromatic heterocycles. The number of nitrogens with one attached hydrogen (secondary N) is 1. The molecule has 1 unspecified atom stereocenters. The predicted molar refractivity (Wildman–Crippen MR) is 64.0 cm³/mol. The van der Waals surface area contributed by atoms with E-state index in [9.17, 15) is 0 Å². The maximum Gasteiger partial charge on any atom is 0.0434 e. The Bertz CT molecular complexity index is 156. The van der Waals surface area contributed by atoms with Crippen LogP contribution in [-0.4, -0.2) is 49.8 Å². The molecule has 0 saturated carbocycles. The van der Waals surface area contributed by atoms with Crippen LogP contribution in [0.2, 0.25) is 0 Å². The number of aliphatic hydroxyl groups is 1. The van der Waals surface area contributed by atoms with Gasteiger partial charge in [-0.25, -0.2) is 0 Å². The molecule has 1 rings (SSSR count). The maximum absolute atomic E-state index is 8.78. The van der Waals surface area contributed by atoms with Crippen LogP contribution in [-0.2, 0) is 0 Å². The lowest BCUT2D eigenvalue weighted by Crippen LogP contribution is -2.36. The van der Waals surface area contributed by atoms with Crippen LogP contribution in [0.15, 0.2) is 0 Å². The summed E-state index contributed by atoms with van der Waals surface area (Å²) in [5.74, 6) is 1.46. The zero-order valence-corrected chi connectivity index (χ0v) is 10.2. The fraction of sp³-hybridized carbons (Fsp3) is 1.00. The van der Waals surface area contributed by atoms with Crippen LogP contribution < -0.4 is 5.32 Å². The summed E-state index contributed by atoms with van der Waals surface area (Å²) >= 11 is 0. The first-order valence-electron chi connectivity index (χ1n) is 6.22. The van der Waals surface area contributed by atoms with Crippen LogP contribution in [0.5, 0.6) is 0 Å². The molecule has 0 aromatic rings. The van der Waals surface area contributed by atoms with E-state index in [1.807, 2.05) is 0 Å². The van der Waals surface area contributed by atoms with Crippen molar-refractivity contribution in [1.29, 1.82) is 0 Å². The highest BCUT2D eigenvalue weighted by Crippen LogP contribution is 2.14. The lowest BCUT2D eigenvalue weighted by Gasteiger charge is -2.29. The number of nitrogens with zero attached hydrogens (tertiary/aromatic N) is 1. The molecule has 1 saturated heterocycles. The van der Waals surface area contributed by atoms with Crippen molar-refractivity contribution in [3.8, 4) is 0 Å². The standard InChI is InChI=1S/C12H26N2O/c1-11(5-8-15)9-13-10-12-3-6-14(2)7-4-12/h11-13,15H,3-10H2,1-2H3. The Morgan fingerprint density at radius 3 is 2.67 bits per heavy atom. The molecular weight excluding hydrogens is 188 g/mol. The topological polar surface area (TPSA) is 35.5 Å². The van der Waals surface area contributed by atoms with Crippen molar-refractivity contribution in [1.82, 2.24) is 10.2 Å². The van der Waals surface area contributed by atoms with Crippen LogP contribution in [0.3, 0.4) is 0 Å². The molecule has 0 aliphatic carbocycles. The van der Waals surface area contributed by atoms with E-state index < -0.39 is 0 Å². The molecule has 1 aliphatic rings. The minimum atomic E-state index is 0.317. The quantitative estimate of drug-likeness (QED) is 0.690. The number of hydrogen-bond donors (Lipinski definition) is 2. The first-order valence-corrected chi connectivity index (χ1v) is 6.22. The molecule has 2 N–H and O–H groups in total. The number of piperidine rings is 1. The number of hydrogen-bond acceptors (Lipinski definition) is 3. The Hall–Kier alpha value is -0.120. The molecule has 1 fully saturated rings. The summed E-state index contributed by atoms with van der Waals surface area (Å²) in [5, 5.41) is 12.3. The van der Waals surface area contributed by atoms with E-state index in [0.717, 1.165) is 25.4 Å². The Labute approximate surface area is 93.9 Å². The van der Waals surface area contributed by atoms with Crippen LogP contribution in [0.4, 0.5) is 0 Å². The second-order valence-corrected chi connectivity index (χ2v) is 5.02. The summed E-state index contributed by atoms with van der Waals surface area (Å²) in [6.45, 7) is 7.21. The molecule has 90 valence electrons. The molecular formula is C12H26N2O. The van der Waals surface area contributed by atoms with Gasteiger partial charge in [-0.2, -0.15) is 0 Å². The van der Waals surface area contributed by atoms with Crippen molar-refractivity contribution in [2.75, 3.05) is 39.8 Å². The fourth-order valence-corrected chi connectivity index (χ4v) is 2.12. The van der Waals surface area contributed by atoms with Gasteiger partial charge in [-0.1, -0.05) is 6.92 Å². The number of rotatable bonds is 6. The minimum Gasteiger partial charge on any atom is -0.396 e. The molecule has 0 radical (unpaired) electrons. The molecule has 1 aliphatic heterocycles. The zero-order valence-electron chi connectivity index (χ0n) is 10.2. The van der Waals surface area contributed by atoms with E-state index in [1.54, 1.807) is 0 Å². The maximum atomic E-state index is 8.78. The number of likely N-dealkylation sites (tertiary alicyclic amines) is 1. The molecule has 0 aromatic carbocycles. The highest BCUT2D eigenvalue weighted by atomic mass is 16.3. The third-order valence-corrected chi connectivity index (χ3v) is 3.39. The van der Waals surface area contributed by atoms with Gasteiger partial charge in [0.15, 0.2) is 0 Å². The van der Waals surface area contributed by atoms with E-state index >= 15 is 0 Å². The monoisotopic (exact) mass is 214 g/mol. The van der Waals surface area contributed by atoms with E-state index in [1.165, 1.54) is 25.9 Å². The minimum absolute atomic E-state index is 0.317.